The maximum Gasteiger partial charge on any atom is 0.387 e. The third-order valence-corrected chi connectivity index (χ3v) is 4.84. The molecule has 6 nitrogen and oxygen atoms in total. The summed E-state index contributed by atoms with van der Waals surface area (Å²) < 4.78 is 29.7. The van der Waals surface area contributed by atoms with Gasteiger partial charge in [-0.15, -0.1) is 0 Å². The van der Waals surface area contributed by atoms with Crippen molar-refractivity contribution in [3.8, 4) is 5.75 Å². The van der Waals surface area contributed by atoms with E-state index < -0.39 is 6.61 Å². The Morgan fingerprint density at radius 3 is 2.62 bits per heavy atom. The summed E-state index contributed by atoms with van der Waals surface area (Å²) in [5, 5.41) is 6.70. The fourth-order valence-corrected chi connectivity index (χ4v) is 3.33. The first kappa shape index (κ1) is 21.1. The summed E-state index contributed by atoms with van der Waals surface area (Å²) in [6, 6.07) is 8.58. The van der Waals surface area contributed by atoms with Crippen LogP contribution in [0.3, 0.4) is 0 Å². The van der Waals surface area contributed by atoms with Crippen LogP contribution in [0.5, 0.6) is 5.75 Å². The highest BCUT2D eigenvalue weighted by Gasteiger charge is 2.13. The fraction of sp³-hybridized carbons (Fsp3) is 0.400. The molecule has 0 bridgehead atoms. The predicted octanol–water partition coefficient (Wildman–Crippen LogP) is 3.80. The molecular weight excluding hydrogens is 400 g/mol. The average molecular weight is 424 g/mol. The van der Waals surface area contributed by atoms with Crippen molar-refractivity contribution in [2.24, 2.45) is 4.99 Å². The molecule has 1 saturated heterocycles. The molecule has 2 N–H and O–H groups in total. The number of guanidine groups is 1. The Labute approximate surface area is 173 Å². The molecule has 29 heavy (non-hydrogen) atoms. The molecule has 2 aromatic rings. The largest absolute Gasteiger partial charge is 0.434 e. The topological polar surface area (TPSA) is 61.8 Å². The van der Waals surface area contributed by atoms with Gasteiger partial charge in [0.1, 0.15) is 11.6 Å². The van der Waals surface area contributed by atoms with Gasteiger partial charge in [-0.3, -0.25) is 4.99 Å². The van der Waals surface area contributed by atoms with Crippen molar-refractivity contribution >= 4 is 23.4 Å². The second kappa shape index (κ2) is 10.2. The molecule has 0 spiro atoms. The Balaban J connectivity index is 1.54. The Kier molecular flexibility index (Phi) is 7.46. The average Bonchev–Trinajstić information content (AvgIpc) is 3.25. The summed E-state index contributed by atoms with van der Waals surface area (Å²) in [5.41, 5.74) is 1.53. The van der Waals surface area contributed by atoms with E-state index in [4.69, 9.17) is 11.6 Å². The Morgan fingerprint density at radius 1 is 1.21 bits per heavy atom. The summed E-state index contributed by atoms with van der Waals surface area (Å²) in [6.07, 6.45) is 4.27. The van der Waals surface area contributed by atoms with E-state index in [9.17, 15) is 8.78 Å². The van der Waals surface area contributed by atoms with Gasteiger partial charge in [0, 0.05) is 50.0 Å². The normalized spacial score (nSPS) is 14.4. The lowest BCUT2D eigenvalue weighted by atomic mass is 10.2. The lowest BCUT2D eigenvalue weighted by Crippen LogP contribution is -2.36. The zero-order valence-electron chi connectivity index (χ0n) is 16.2. The van der Waals surface area contributed by atoms with Crippen LogP contribution in [-0.2, 0) is 13.1 Å². The molecule has 0 aliphatic carbocycles. The van der Waals surface area contributed by atoms with Crippen LogP contribution in [0.2, 0.25) is 5.02 Å². The molecule has 1 aromatic carbocycles. The molecule has 1 aromatic heterocycles. The van der Waals surface area contributed by atoms with E-state index in [1.54, 1.807) is 13.1 Å². The van der Waals surface area contributed by atoms with Crippen LogP contribution >= 0.6 is 11.6 Å². The number of rotatable bonds is 7. The van der Waals surface area contributed by atoms with Gasteiger partial charge < -0.3 is 20.3 Å². The predicted molar refractivity (Wildman–Crippen MR) is 111 cm³/mol. The summed E-state index contributed by atoms with van der Waals surface area (Å²) >= 11 is 5.98. The summed E-state index contributed by atoms with van der Waals surface area (Å²) in [6.45, 7) is -0.0235. The number of halogens is 3. The number of aromatic nitrogens is 1. The highest BCUT2D eigenvalue weighted by atomic mass is 35.5. The van der Waals surface area contributed by atoms with E-state index in [0.717, 1.165) is 24.5 Å². The van der Waals surface area contributed by atoms with Crippen LogP contribution < -0.4 is 20.3 Å². The van der Waals surface area contributed by atoms with Crippen molar-refractivity contribution in [1.29, 1.82) is 0 Å². The highest BCUT2D eigenvalue weighted by Crippen LogP contribution is 2.24. The zero-order chi connectivity index (χ0) is 20.6. The number of ether oxygens (including phenoxy) is 1. The van der Waals surface area contributed by atoms with Crippen molar-refractivity contribution in [2.75, 3.05) is 25.0 Å². The van der Waals surface area contributed by atoms with Gasteiger partial charge in [-0.1, -0.05) is 17.7 Å². The van der Waals surface area contributed by atoms with Crippen LogP contribution in [-0.4, -0.2) is 37.7 Å². The number of benzene rings is 1. The fourth-order valence-electron chi connectivity index (χ4n) is 3.14. The molecule has 0 radical (unpaired) electrons. The molecule has 2 heterocycles. The lowest BCUT2D eigenvalue weighted by molar-refractivity contribution is -0.0504. The molecule has 1 aliphatic rings. The van der Waals surface area contributed by atoms with Crippen LogP contribution in [0.4, 0.5) is 14.6 Å². The lowest BCUT2D eigenvalue weighted by Gasteiger charge is -2.17. The van der Waals surface area contributed by atoms with Gasteiger partial charge in [-0.2, -0.15) is 8.78 Å². The van der Waals surface area contributed by atoms with Crippen molar-refractivity contribution in [3.05, 3.63) is 52.7 Å². The summed E-state index contributed by atoms with van der Waals surface area (Å²) in [5.74, 6) is 1.60. The molecule has 9 heteroatoms. The molecule has 1 aliphatic heterocycles. The van der Waals surface area contributed by atoms with Crippen molar-refractivity contribution in [1.82, 2.24) is 15.6 Å². The summed E-state index contributed by atoms with van der Waals surface area (Å²) in [7, 11) is 1.64. The van der Waals surface area contributed by atoms with Gasteiger partial charge in [0.15, 0.2) is 5.96 Å². The van der Waals surface area contributed by atoms with Gasteiger partial charge >= 0.3 is 6.61 Å². The van der Waals surface area contributed by atoms with Crippen LogP contribution in [0, 0.1) is 0 Å². The van der Waals surface area contributed by atoms with E-state index >= 15 is 0 Å². The van der Waals surface area contributed by atoms with Gasteiger partial charge in [0.25, 0.3) is 0 Å². The van der Waals surface area contributed by atoms with Crippen LogP contribution in [0.25, 0.3) is 0 Å². The maximum atomic E-state index is 12.6. The number of aliphatic imine (C=N–C) groups is 1. The second-order valence-electron chi connectivity index (χ2n) is 6.63. The first-order chi connectivity index (χ1) is 14.0. The molecule has 0 saturated carbocycles. The Bertz CT molecular complexity index is 826. The molecule has 0 amide bonds. The minimum atomic E-state index is -2.90. The Hall–Kier alpha value is -2.61. The maximum absolute atomic E-state index is 12.6. The first-order valence-electron chi connectivity index (χ1n) is 9.43. The van der Waals surface area contributed by atoms with E-state index in [1.807, 2.05) is 18.3 Å². The monoisotopic (exact) mass is 423 g/mol. The van der Waals surface area contributed by atoms with E-state index in [0.29, 0.717) is 23.1 Å². The zero-order valence-corrected chi connectivity index (χ0v) is 16.9. The van der Waals surface area contributed by atoms with E-state index in [1.165, 1.54) is 25.0 Å². The van der Waals surface area contributed by atoms with Gasteiger partial charge in [-0.05, 0) is 42.7 Å². The minimum absolute atomic E-state index is 0.0778. The quantitative estimate of drug-likeness (QED) is 0.524. The number of hydrogen-bond acceptors (Lipinski definition) is 4. The van der Waals surface area contributed by atoms with Gasteiger partial charge in [0.2, 0.25) is 0 Å². The van der Waals surface area contributed by atoms with E-state index in [-0.39, 0.29) is 12.3 Å². The Morgan fingerprint density at radius 2 is 1.97 bits per heavy atom. The SMILES string of the molecule is CN=C(NCc1ccc(N2CCCC2)nc1)NCc1cc(Cl)ccc1OC(F)F. The highest BCUT2D eigenvalue weighted by molar-refractivity contribution is 6.30. The van der Waals surface area contributed by atoms with Crippen LogP contribution in [0.1, 0.15) is 24.0 Å². The molecular formula is C20H24ClF2N5O. The van der Waals surface area contributed by atoms with E-state index in [2.05, 4.69) is 30.2 Å². The second-order valence-corrected chi connectivity index (χ2v) is 7.07. The molecule has 3 rings (SSSR count). The first-order valence-corrected chi connectivity index (χ1v) is 9.80. The number of anilines is 1. The van der Waals surface area contributed by atoms with Crippen molar-refractivity contribution < 1.29 is 13.5 Å². The molecule has 1 fully saturated rings. The number of nitrogens with one attached hydrogen (secondary N) is 2. The molecule has 0 atom stereocenters. The third kappa shape index (κ3) is 6.19. The summed E-state index contributed by atoms with van der Waals surface area (Å²) in [4.78, 5) is 11.0. The van der Waals surface area contributed by atoms with Crippen molar-refractivity contribution in [3.63, 3.8) is 0 Å². The molecule has 156 valence electrons. The number of hydrogen-bond donors (Lipinski definition) is 2. The molecule has 0 unspecified atom stereocenters. The smallest absolute Gasteiger partial charge is 0.387 e. The van der Waals surface area contributed by atoms with Gasteiger partial charge in [-0.25, -0.2) is 4.98 Å². The van der Waals surface area contributed by atoms with Gasteiger partial charge in [0.05, 0.1) is 0 Å². The minimum Gasteiger partial charge on any atom is -0.434 e. The number of nitrogens with zero attached hydrogens (tertiary/aromatic N) is 3. The third-order valence-electron chi connectivity index (χ3n) is 4.61. The number of pyridine rings is 1. The number of alkyl halides is 2. The van der Waals surface area contributed by atoms with Crippen molar-refractivity contribution in [2.45, 2.75) is 32.5 Å². The standard InChI is InChI=1S/C20H24ClF2N5O/c1-24-20(27-13-15-10-16(21)5-6-17(15)29-19(22)23)26-12-14-4-7-18(25-11-14)28-8-2-3-9-28/h4-7,10-11,19H,2-3,8-9,12-13H2,1H3,(H2,24,26,27). The van der Waals surface area contributed by atoms with Crippen LogP contribution in [0.15, 0.2) is 41.5 Å².